The van der Waals surface area contributed by atoms with E-state index in [1.165, 1.54) is 49.6 Å². The van der Waals surface area contributed by atoms with Crippen molar-refractivity contribution in [3.05, 3.63) is 48.2 Å². The lowest BCUT2D eigenvalue weighted by molar-refractivity contribution is -0.122. The number of halogens is 3. The minimum absolute atomic E-state index is 0.0945. The van der Waals surface area contributed by atoms with E-state index in [0.29, 0.717) is 5.69 Å². The van der Waals surface area contributed by atoms with Gasteiger partial charge in [0.1, 0.15) is 18.2 Å². The van der Waals surface area contributed by atoms with E-state index in [1.807, 2.05) is 0 Å². The fourth-order valence-electron chi connectivity index (χ4n) is 2.13. The van der Waals surface area contributed by atoms with Gasteiger partial charge in [0.25, 0.3) is 5.91 Å². The number of pyridine rings is 1. The molecular weight excluding hydrogens is 440 g/mol. The van der Waals surface area contributed by atoms with Crippen LogP contribution in [-0.2, 0) is 9.53 Å². The number of amides is 3. The van der Waals surface area contributed by atoms with Crippen LogP contribution in [0, 0.1) is 0 Å². The smallest absolute Gasteiger partial charge is 0.449 e. The number of anilines is 2. The molecule has 2 rings (SSSR count). The second kappa shape index (κ2) is 10.9. The molecule has 0 aliphatic heterocycles. The summed E-state index contributed by atoms with van der Waals surface area (Å²) in [6.07, 6.45) is 0.583. The zero-order valence-electron chi connectivity index (χ0n) is 16.1. The summed E-state index contributed by atoms with van der Waals surface area (Å²) < 4.78 is 34.2. The van der Waals surface area contributed by atoms with E-state index in [4.69, 9.17) is 11.6 Å². The maximum absolute atomic E-state index is 12.7. The molecular formula is C18H18ClF2N5O5. The van der Waals surface area contributed by atoms with E-state index in [-0.39, 0.29) is 30.2 Å². The number of benzene rings is 1. The van der Waals surface area contributed by atoms with Crippen LogP contribution in [0.25, 0.3) is 0 Å². The maximum atomic E-state index is 12.7. The van der Waals surface area contributed by atoms with Gasteiger partial charge >= 0.3 is 11.7 Å². The zero-order valence-corrected chi connectivity index (χ0v) is 16.8. The lowest BCUT2D eigenvalue weighted by atomic mass is 10.2. The molecule has 4 N–H and O–H groups in total. The lowest BCUT2D eigenvalue weighted by Gasteiger charge is -2.13. The highest BCUT2D eigenvalue weighted by Gasteiger charge is 2.27. The van der Waals surface area contributed by atoms with Crippen molar-refractivity contribution in [2.24, 2.45) is 0 Å². The number of nitrogens with one attached hydrogen (secondary N) is 4. The fourth-order valence-corrected chi connectivity index (χ4v) is 2.22. The van der Waals surface area contributed by atoms with E-state index >= 15 is 0 Å². The lowest BCUT2D eigenvalue weighted by Crippen LogP contribution is -2.42. The summed E-state index contributed by atoms with van der Waals surface area (Å²) in [5.74, 6) is -1.26. The van der Waals surface area contributed by atoms with Gasteiger partial charge < -0.3 is 20.1 Å². The van der Waals surface area contributed by atoms with Crippen LogP contribution >= 0.6 is 11.6 Å². The molecule has 166 valence electrons. The second-order valence-electron chi connectivity index (χ2n) is 5.73. The summed E-state index contributed by atoms with van der Waals surface area (Å²) in [4.78, 5) is 39.1. The van der Waals surface area contributed by atoms with Gasteiger partial charge in [0.05, 0.1) is 12.0 Å². The molecule has 0 fully saturated rings. The van der Waals surface area contributed by atoms with Gasteiger partial charge in [0.2, 0.25) is 5.91 Å². The van der Waals surface area contributed by atoms with Crippen molar-refractivity contribution in [2.45, 2.75) is 12.0 Å². The Morgan fingerprint density at radius 3 is 2.48 bits per heavy atom. The Labute approximate surface area is 180 Å². The van der Waals surface area contributed by atoms with E-state index in [0.717, 1.165) is 0 Å². The van der Waals surface area contributed by atoms with Gasteiger partial charge in [-0.15, -0.1) is 8.78 Å². The Morgan fingerprint density at radius 2 is 1.84 bits per heavy atom. The Balaban J connectivity index is 1.94. The summed E-state index contributed by atoms with van der Waals surface area (Å²) in [6, 6.07) is 8.31. The molecule has 1 aromatic carbocycles. The molecule has 13 heteroatoms. The molecule has 1 heterocycles. The van der Waals surface area contributed by atoms with Crippen molar-refractivity contribution >= 4 is 41.0 Å². The summed E-state index contributed by atoms with van der Waals surface area (Å²) in [6.45, 7) is -0.170. The topological polar surface area (TPSA) is 131 Å². The summed E-state index contributed by atoms with van der Waals surface area (Å²) in [7, 11) is 1.38. The van der Waals surface area contributed by atoms with Gasteiger partial charge in [0.15, 0.2) is 0 Å². The van der Waals surface area contributed by atoms with Gasteiger partial charge in [0, 0.05) is 30.5 Å². The predicted molar refractivity (Wildman–Crippen MR) is 106 cm³/mol. The summed E-state index contributed by atoms with van der Waals surface area (Å²) in [5, 5.41) is 5.09. The zero-order chi connectivity index (χ0) is 22.9. The number of rotatable bonds is 8. The summed E-state index contributed by atoms with van der Waals surface area (Å²) >= 11 is 4.71. The average Bonchev–Trinajstić information content (AvgIpc) is 2.72. The first-order valence-corrected chi connectivity index (χ1v) is 9.07. The monoisotopic (exact) mass is 457 g/mol. The Bertz CT molecular complexity index is 924. The molecule has 0 spiro atoms. The van der Waals surface area contributed by atoms with Crippen LogP contribution in [-0.4, -0.2) is 42.1 Å². The number of aromatic nitrogens is 1. The highest BCUT2D eigenvalue weighted by Crippen LogP contribution is 2.27. The van der Waals surface area contributed by atoms with Gasteiger partial charge in [-0.05, 0) is 36.4 Å². The van der Waals surface area contributed by atoms with E-state index < -0.39 is 23.5 Å². The Kier molecular flexibility index (Phi) is 8.32. The van der Waals surface area contributed by atoms with Gasteiger partial charge in [-0.1, -0.05) is 0 Å². The first-order chi connectivity index (χ1) is 14.7. The number of ether oxygens (including phenoxy) is 2. The molecule has 0 saturated carbocycles. The molecule has 3 amide bonds. The molecule has 0 aliphatic carbocycles. The van der Waals surface area contributed by atoms with Crippen molar-refractivity contribution in [2.75, 3.05) is 19.0 Å². The number of carbonyl (C=O) groups excluding carboxylic acids is 3. The third-order valence-corrected chi connectivity index (χ3v) is 3.56. The van der Waals surface area contributed by atoms with Crippen molar-refractivity contribution in [1.29, 1.82) is 0 Å². The average molecular weight is 458 g/mol. The number of hydrogen-bond acceptors (Lipinski definition) is 7. The van der Waals surface area contributed by atoms with Gasteiger partial charge in [-0.2, -0.15) is 0 Å². The highest BCUT2D eigenvalue weighted by atomic mass is 35.5. The second-order valence-corrected chi connectivity index (χ2v) is 6.17. The molecule has 0 radical (unpaired) electrons. The first kappa shape index (κ1) is 23.6. The quantitative estimate of drug-likeness (QED) is 0.354. The van der Waals surface area contributed by atoms with Crippen LogP contribution in [0.3, 0.4) is 0 Å². The van der Waals surface area contributed by atoms with Crippen LogP contribution in [0.1, 0.15) is 16.8 Å². The largest absolute Gasteiger partial charge is 0.487 e. The van der Waals surface area contributed by atoms with E-state index in [9.17, 15) is 23.2 Å². The molecule has 0 unspecified atom stereocenters. The molecule has 1 aromatic heterocycles. The Hall–Kier alpha value is -3.67. The summed E-state index contributed by atoms with van der Waals surface area (Å²) in [5.41, 5.74) is 1.09. The van der Waals surface area contributed by atoms with E-state index in [1.54, 1.807) is 0 Å². The van der Waals surface area contributed by atoms with Crippen LogP contribution in [0.2, 0.25) is 0 Å². The number of alkyl carbamates (subject to hydrolysis) is 1. The SMILES string of the molecule is CNC(=O)OCCC(=O)NNC(=O)c1cccnc1Nc1ccc(OC(F)(F)Cl)cc1. The van der Waals surface area contributed by atoms with E-state index in [2.05, 4.69) is 35.9 Å². The van der Waals surface area contributed by atoms with Crippen LogP contribution in [0.4, 0.5) is 25.1 Å². The van der Waals surface area contributed by atoms with Crippen molar-refractivity contribution in [3.63, 3.8) is 0 Å². The normalized spacial score (nSPS) is 10.6. The predicted octanol–water partition coefficient (Wildman–Crippen LogP) is 2.50. The molecule has 31 heavy (non-hydrogen) atoms. The van der Waals surface area contributed by atoms with Crippen LogP contribution in [0.5, 0.6) is 5.75 Å². The number of carbonyl (C=O) groups is 3. The van der Waals surface area contributed by atoms with Crippen molar-refractivity contribution < 1.29 is 32.6 Å². The third kappa shape index (κ3) is 8.30. The van der Waals surface area contributed by atoms with Crippen LogP contribution in [0.15, 0.2) is 42.6 Å². The minimum atomic E-state index is -3.83. The maximum Gasteiger partial charge on any atom is 0.487 e. The van der Waals surface area contributed by atoms with Crippen molar-refractivity contribution in [1.82, 2.24) is 21.2 Å². The first-order valence-electron chi connectivity index (χ1n) is 8.69. The molecule has 0 aliphatic rings. The molecule has 0 atom stereocenters. The molecule has 2 aromatic rings. The van der Waals surface area contributed by atoms with Crippen LogP contribution < -0.4 is 26.2 Å². The third-order valence-electron chi connectivity index (χ3n) is 3.48. The molecule has 0 bridgehead atoms. The van der Waals surface area contributed by atoms with Gasteiger partial charge in [-0.3, -0.25) is 20.4 Å². The van der Waals surface area contributed by atoms with Gasteiger partial charge in [-0.25, -0.2) is 9.78 Å². The molecule has 0 saturated heterocycles. The minimum Gasteiger partial charge on any atom is -0.449 e. The van der Waals surface area contributed by atoms with Crippen molar-refractivity contribution in [3.8, 4) is 5.75 Å². The number of nitrogens with zero attached hydrogens (tertiary/aromatic N) is 1. The number of alkyl halides is 3. The fraction of sp³-hybridized carbons (Fsp3) is 0.222. The number of hydrazine groups is 1. The Morgan fingerprint density at radius 1 is 1.13 bits per heavy atom. The molecule has 10 nitrogen and oxygen atoms in total. The number of hydrogen-bond donors (Lipinski definition) is 4. The standard InChI is InChI=1S/C18H18ClF2N5O5/c1-22-17(29)30-10-8-14(27)25-26-16(28)13-3-2-9-23-15(13)24-11-4-6-12(7-5-11)31-18(19,20)21/h2-7,9H,8,10H2,1H3,(H,22,29)(H,23,24)(H,25,27)(H,26,28). The highest BCUT2D eigenvalue weighted by molar-refractivity contribution is 6.20.